The largest absolute Gasteiger partial charge is 0.444 e. The average molecular weight is 371 g/mol. The summed E-state index contributed by atoms with van der Waals surface area (Å²) in [6.07, 6.45) is 6.40. The third-order valence-electron chi connectivity index (χ3n) is 3.85. The molecule has 9 nitrogen and oxygen atoms in total. The second-order valence-electron chi connectivity index (χ2n) is 7.40. The predicted octanol–water partition coefficient (Wildman–Crippen LogP) is 2.17. The van der Waals surface area contributed by atoms with E-state index >= 15 is 0 Å². The standard InChI is InChI=1S/C18H25N7O2/c1-18(2,3)27-17(26)20-7-5-6-13-8-15(19)25-16(23-13)14(10-22-25)12-9-21-24(4)11-12/h8-11H,5-7,19H2,1-4H3,(H,20,26). The second-order valence-corrected chi connectivity index (χ2v) is 7.40. The first-order valence-corrected chi connectivity index (χ1v) is 8.82. The van der Waals surface area contributed by atoms with Gasteiger partial charge in [-0.05, 0) is 33.6 Å². The summed E-state index contributed by atoms with van der Waals surface area (Å²) in [5.41, 5.74) is 8.97. The Morgan fingerprint density at radius 2 is 2.07 bits per heavy atom. The number of ether oxygens (including phenoxy) is 1. The smallest absolute Gasteiger partial charge is 0.407 e. The van der Waals surface area contributed by atoms with Crippen molar-refractivity contribution in [1.82, 2.24) is 29.7 Å². The third kappa shape index (κ3) is 4.55. The van der Waals surface area contributed by atoms with Crippen molar-refractivity contribution in [3.05, 3.63) is 30.4 Å². The molecule has 9 heteroatoms. The normalized spacial score (nSPS) is 11.7. The molecule has 0 fully saturated rings. The molecule has 0 saturated heterocycles. The molecule has 27 heavy (non-hydrogen) atoms. The van der Waals surface area contributed by atoms with Gasteiger partial charge in [-0.25, -0.2) is 9.78 Å². The van der Waals surface area contributed by atoms with Gasteiger partial charge in [0.1, 0.15) is 11.4 Å². The Bertz CT molecular complexity index is 952. The van der Waals surface area contributed by atoms with E-state index in [2.05, 4.69) is 15.5 Å². The molecule has 0 aliphatic heterocycles. The van der Waals surface area contributed by atoms with Crippen LogP contribution in [0.15, 0.2) is 24.7 Å². The number of nitrogens with one attached hydrogen (secondary N) is 1. The number of nitrogen functional groups attached to an aromatic ring is 1. The molecule has 144 valence electrons. The molecule has 0 spiro atoms. The monoisotopic (exact) mass is 371 g/mol. The van der Waals surface area contributed by atoms with E-state index < -0.39 is 11.7 Å². The summed E-state index contributed by atoms with van der Waals surface area (Å²) in [6.45, 7) is 6.00. The summed E-state index contributed by atoms with van der Waals surface area (Å²) < 4.78 is 8.56. The van der Waals surface area contributed by atoms with Crippen molar-refractivity contribution in [3.63, 3.8) is 0 Å². The lowest BCUT2D eigenvalue weighted by Crippen LogP contribution is -2.33. The molecule has 3 aromatic rings. The molecule has 1 amide bonds. The molecule has 0 unspecified atom stereocenters. The number of hydrogen-bond donors (Lipinski definition) is 2. The van der Waals surface area contributed by atoms with Gasteiger partial charge in [0, 0.05) is 42.7 Å². The maximum atomic E-state index is 11.7. The van der Waals surface area contributed by atoms with Crippen LogP contribution in [0.2, 0.25) is 0 Å². The molecular formula is C18H25N7O2. The molecule has 0 radical (unpaired) electrons. The summed E-state index contributed by atoms with van der Waals surface area (Å²) in [4.78, 5) is 16.4. The van der Waals surface area contributed by atoms with E-state index in [1.807, 2.05) is 34.0 Å². The van der Waals surface area contributed by atoms with Crippen LogP contribution in [0.1, 0.15) is 32.9 Å². The van der Waals surface area contributed by atoms with Crippen LogP contribution in [0.25, 0.3) is 16.8 Å². The van der Waals surface area contributed by atoms with Crippen LogP contribution >= 0.6 is 0 Å². The second kappa shape index (κ2) is 7.26. The van der Waals surface area contributed by atoms with E-state index in [9.17, 15) is 4.79 Å². The molecule has 0 aromatic carbocycles. The van der Waals surface area contributed by atoms with Gasteiger partial charge < -0.3 is 15.8 Å². The number of nitrogens with two attached hydrogens (primary N) is 1. The zero-order valence-electron chi connectivity index (χ0n) is 16.1. The van der Waals surface area contributed by atoms with Gasteiger partial charge >= 0.3 is 6.09 Å². The lowest BCUT2D eigenvalue weighted by atomic mass is 10.2. The number of amides is 1. The fourth-order valence-corrected chi connectivity index (χ4v) is 2.70. The van der Waals surface area contributed by atoms with Crippen molar-refractivity contribution >= 4 is 17.6 Å². The van der Waals surface area contributed by atoms with Crippen LogP contribution in [0.4, 0.5) is 10.6 Å². The zero-order chi connectivity index (χ0) is 19.6. The summed E-state index contributed by atoms with van der Waals surface area (Å²) in [5, 5.41) is 11.3. The number of rotatable bonds is 5. The van der Waals surface area contributed by atoms with E-state index in [1.54, 1.807) is 27.7 Å². The average Bonchev–Trinajstić information content (AvgIpc) is 3.16. The number of aromatic nitrogens is 5. The van der Waals surface area contributed by atoms with Crippen LogP contribution in [0.5, 0.6) is 0 Å². The van der Waals surface area contributed by atoms with Crippen molar-refractivity contribution in [2.24, 2.45) is 7.05 Å². The van der Waals surface area contributed by atoms with Crippen LogP contribution in [-0.4, -0.2) is 42.6 Å². The number of hydrogen-bond acceptors (Lipinski definition) is 6. The van der Waals surface area contributed by atoms with E-state index in [0.29, 0.717) is 24.4 Å². The minimum absolute atomic E-state index is 0.417. The molecule has 3 rings (SSSR count). The Balaban J connectivity index is 1.68. The lowest BCUT2D eigenvalue weighted by molar-refractivity contribution is 0.0527. The minimum Gasteiger partial charge on any atom is -0.444 e. The van der Waals surface area contributed by atoms with Crippen molar-refractivity contribution in [3.8, 4) is 11.1 Å². The maximum Gasteiger partial charge on any atom is 0.407 e. The van der Waals surface area contributed by atoms with Gasteiger partial charge in [0.2, 0.25) is 0 Å². The fraction of sp³-hybridized carbons (Fsp3) is 0.444. The van der Waals surface area contributed by atoms with E-state index in [0.717, 1.165) is 23.2 Å². The van der Waals surface area contributed by atoms with Crippen LogP contribution in [0.3, 0.4) is 0 Å². The molecule has 0 atom stereocenters. The Hall–Kier alpha value is -3.10. The summed E-state index contributed by atoms with van der Waals surface area (Å²) in [6, 6.07) is 1.81. The SMILES string of the molecule is Cn1cc(-c2cnn3c(N)cc(CCCNC(=O)OC(C)(C)C)nc23)cn1. The highest BCUT2D eigenvalue weighted by Crippen LogP contribution is 2.24. The third-order valence-corrected chi connectivity index (χ3v) is 3.85. The number of carbonyl (C=O) groups excluding carboxylic acids is 1. The van der Waals surface area contributed by atoms with Gasteiger partial charge in [-0.15, -0.1) is 0 Å². The summed E-state index contributed by atoms with van der Waals surface area (Å²) >= 11 is 0. The number of alkyl carbamates (subject to hydrolysis) is 1. The summed E-state index contributed by atoms with van der Waals surface area (Å²) in [5.74, 6) is 0.519. The Morgan fingerprint density at radius 3 is 2.74 bits per heavy atom. The maximum absolute atomic E-state index is 11.7. The topological polar surface area (TPSA) is 112 Å². The molecule has 0 aliphatic rings. The number of carbonyl (C=O) groups is 1. The lowest BCUT2D eigenvalue weighted by Gasteiger charge is -2.19. The summed E-state index contributed by atoms with van der Waals surface area (Å²) in [7, 11) is 1.86. The van der Waals surface area contributed by atoms with Gasteiger partial charge in [0.15, 0.2) is 5.65 Å². The number of fused-ring (bicyclic) bond motifs is 1. The van der Waals surface area contributed by atoms with Crippen molar-refractivity contribution in [2.45, 2.75) is 39.2 Å². The van der Waals surface area contributed by atoms with Crippen molar-refractivity contribution in [2.75, 3.05) is 12.3 Å². The molecule has 0 aliphatic carbocycles. The van der Waals surface area contributed by atoms with Crippen molar-refractivity contribution in [1.29, 1.82) is 0 Å². The molecule has 3 N–H and O–H groups in total. The Morgan fingerprint density at radius 1 is 1.30 bits per heavy atom. The zero-order valence-corrected chi connectivity index (χ0v) is 16.1. The van der Waals surface area contributed by atoms with Crippen LogP contribution in [-0.2, 0) is 18.2 Å². The van der Waals surface area contributed by atoms with E-state index in [-0.39, 0.29) is 0 Å². The van der Waals surface area contributed by atoms with E-state index in [4.69, 9.17) is 15.5 Å². The van der Waals surface area contributed by atoms with Gasteiger partial charge in [-0.2, -0.15) is 14.7 Å². The highest BCUT2D eigenvalue weighted by atomic mass is 16.6. The number of nitrogens with zero attached hydrogens (tertiary/aromatic N) is 5. The predicted molar refractivity (Wildman–Crippen MR) is 102 cm³/mol. The molecular weight excluding hydrogens is 346 g/mol. The molecule has 0 saturated carbocycles. The minimum atomic E-state index is -0.504. The van der Waals surface area contributed by atoms with Gasteiger partial charge in [0.05, 0.1) is 12.4 Å². The van der Waals surface area contributed by atoms with Gasteiger partial charge in [-0.1, -0.05) is 0 Å². The highest BCUT2D eigenvalue weighted by molar-refractivity contribution is 5.77. The van der Waals surface area contributed by atoms with Crippen molar-refractivity contribution < 1.29 is 9.53 Å². The first-order chi connectivity index (χ1) is 12.7. The Kier molecular flexibility index (Phi) is 5.02. The number of aryl methyl sites for hydroxylation is 2. The fourth-order valence-electron chi connectivity index (χ4n) is 2.70. The molecule has 0 bridgehead atoms. The first kappa shape index (κ1) is 18.7. The van der Waals surface area contributed by atoms with Gasteiger partial charge in [0.25, 0.3) is 0 Å². The van der Waals surface area contributed by atoms with E-state index in [1.165, 1.54) is 0 Å². The molecule has 3 heterocycles. The van der Waals surface area contributed by atoms with Gasteiger partial charge in [-0.3, -0.25) is 4.68 Å². The first-order valence-electron chi connectivity index (χ1n) is 8.82. The van der Waals surface area contributed by atoms with Crippen LogP contribution < -0.4 is 11.1 Å². The number of anilines is 1. The Labute approximate surface area is 157 Å². The highest BCUT2D eigenvalue weighted by Gasteiger charge is 2.16. The van der Waals surface area contributed by atoms with Crippen LogP contribution in [0, 0.1) is 0 Å². The quantitative estimate of drug-likeness (QED) is 0.665. The molecule has 3 aromatic heterocycles.